The number of nitrogens with two attached hydrogens (primary N) is 1. The average Bonchev–Trinajstić information content (AvgIpc) is 3.17. The summed E-state index contributed by atoms with van der Waals surface area (Å²) in [5.41, 5.74) is 4.28. The third-order valence-corrected chi connectivity index (χ3v) is 4.90. The molecule has 0 spiro atoms. The summed E-state index contributed by atoms with van der Waals surface area (Å²) in [6, 6.07) is 5.44. The smallest absolute Gasteiger partial charge is 0.168 e. The second-order valence-electron chi connectivity index (χ2n) is 5.26. The Kier molecular flexibility index (Phi) is 3.10. The molecule has 3 N–H and O–H groups in total. The first-order chi connectivity index (χ1) is 11.2. The van der Waals surface area contributed by atoms with Gasteiger partial charge in [0.05, 0.1) is 15.9 Å². The Labute approximate surface area is 135 Å². The Bertz CT molecular complexity index is 1040. The minimum absolute atomic E-state index is 0.603. The topological polar surface area (TPSA) is 87.9 Å². The van der Waals surface area contributed by atoms with Crippen molar-refractivity contribution in [3.8, 4) is 0 Å². The number of nitrogens with one attached hydrogen (secondary N) is 1. The van der Waals surface area contributed by atoms with Crippen LogP contribution >= 0.6 is 11.3 Å². The maximum atomic E-state index is 11.0. The third-order valence-electron chi connectivity index (χ3n) is 3.82. The van der Waals surface area contributed by atoms with E-state index in [1.165, 1.54) is 11.3 Å². The summed E-state index contributed by atoms with van der Waals surface area (Å²) in [4.78, 5) is 22.9. The van der Waals surface area contributed by atoms with Crippen LogP contribution in [-0.2, 0) is 0 Å². The zero-order valence-electron chi connectivity index (χ0n) is 12.3. The Hall–Kier alpha value is -2.77. The number of aromatic amines is 1. The molecule has 6 nitrogen and oxygen atoms in total. The highest BCUT2D eigenvalue weighted by Gasteiger charge is 2.17. The fourth-order valence-electron chi connectivity index (χ4n) is 2.64. The van der Waals surface area contributed by atoms with Crippen molar-refractivity contribution in [2.75, 3.05) is 5.01 Å². The number of carbonyl (C=O) groups excluding carboxylic acids is 1. The van der Waals surface area contributed by atoms with E-state index in [2.05, 4.69) is 15.0 Å². The number of aromatic nitrogens is 3. The monoisotopic (exact) mass is 323 g/mol. The molecule has 0 saturated carbocycles. The lowest BCUT2D eigenvalue weighted by Gasteiger charge is -2.17. The van der Waals surface area contributed by atoms with Crippen LogP contribution < -0.4 is 10.9 Å². The summed E-state index contributed by atoms with van der Waals surface area (Å²) < 4.78 is 0.938. The SMILES string of the molecule is Cc1csc2c(N(N)c3c[nH]c4ccc(C=O)cc34)ncnc12. The standard InChI is InChI=1S/C16H13N5OS/c1-9-7-23-15-14(9)19-8-20-16(15)21(17)13-5-18-12-3-2-10(6-22)4-11(12)13/h2-8,18H,17H2,1H3. The minimum atomic E-state index is 0.603. The lowest BCUT2D eigenvalue weighted by molar-refractivity contribution is 0.112. The summed E-state index contributed by atoms with van der Waals surface area (Å²) >= 11 is 1.57. The number of hydrazine groups is 1. The highest BCUT2D eigenvalue weighted by molar-refractivity contribution is 7.18. The van der Waals surface area contributed by atoms with Crippen LogP contribution in [0.15, 0.2) is 36.1 Å². The Balaban J connectivity index is 1.91. The van der Waals surface area contributed by atoms with Crippen molar-refractivity contribution in [2.24, 2.45) is 5.84 Å². The number of H-pyrrole nitrogens is 1. The largest absolute Gasteiger partial charge is 0.359 e. The van der Waals surface area contributed by atoms with Crippen LogP contribution in [-0.4, -0.2) is 21.2 Å². The van der Waals surface area contributed by atoms with Crippen LogP contribution in [0.25, 0.3) is 21.1 Å². The molecule has 0 atom stereocenters. The number of hydrogen-bond acceptors (Lipinski definition) is 6. The van der Waals surface area contributed by atoms with E-state index in [4.69, 9.17) is 5.84 Å². The molecular weight excluding hydrogens is 310 g/mol. The molecule has 114 valence electrons. The van der Waals surface area contributed by atoms with Crippen molar-refractivity contribution in [3.63, 3.8) is 0 Å². The summed E-state index contributed by atoms with van der Waals surface area (Å²) in [5.74, 6) is 6.98. The van der Waals surface area contributed by atoms with Gasteiger partial charge < -0.3 is 4.98 Å². The van der Waals surface area contributed by atoms with Gasteiger partial charge in [-0.25, -0.2) is 15.8 Å². The first-order valence-electron chi connectivity index (χ1n) is 6.99. The van der Waals surface area contributed by atoms with E-state index >= 15 is 0 Å². The van der Waals surface area contributed by atoms with Crippen molar-refractivity contribution in [3.05, 3.63) is 47.2 Å². The number of nitrogens with zero attached hydrogens (tertiary/aromatic N) is 3. The van der Waals surface area contributed by atoms with E-state index in [0.717, 1.165) is 38.7 Å². The van der Waals surface area contributed by atoms with E-state index in [-0.39, 0.29) is 0 Å². The van der Waals surface area contributed by atoms with Gasteiger partial charge >= 0.3 is 0 Å². The Morgan fingerprint density at radius 1 is 1.35 bits per heavy atom. The van der Waals surface area contributed by atoms with Gasteiger partial charge in [0.2, 0.25) is 0 Å². The lowest BCUT2D eigenvalue weighted by atomic mass is 10.1. The fraction of sp³-hybridized carbons (Fsp3) is 0.0625. The molecule has 4 aromatic rings. The third kappa shape index (κ3) is 2.09. The van der Waals surface area contributed by atoms with Gasteiger partial charge in [-0.3, -0.25) is 9.80 Å². The molecule has 4 rings (SSSR count). The van der Waals surface area contributed by atoms with Gasteiger partial charge in [0.1, 0.15) is 12.6 Å². The molecule has 0 amide bonds. The number of hydrogen-bond donors (Lipinski definition) is 2. The second kappa shape index (κ2) is 5.15. The highest BCUT2D eigenvalue weighted by Crippen LogP contribution is 2.35. The molecule has 23 heavy (non-hydrogen) atoms. The molecule has 7 heteroatoms. The molecule has 0 fully saturated rings. The summed E-state index contributed by atoms with van der Waals surface area (Å²) in [7, 11) is 0. The van der Waals surface area contributed by atoms with Gasteiger partial charge in [-0.15, -0.1) is 11.3 Å². The lowest BCUT2D eigenvalue weighted by Crippen LogP contribution is -2.25. The van der Waals surface area contributed by atoms with Gasteiger partial charge in [-0.05, 0) is 36.1 Å². The predicted octanol–water partition coefficient (Wildman–Crippen LogP) is 3.31. The van der Waals surface area contributed by atoms with Crippen LogP contribution in [0.5, 0.6) is 0 Å². The quantitative estimate of drug-likeness (QED) is 0.343. The predicted molar refractivity (Wildman–Crippen MR) is 92.2 cm³/mol. The maximum Gasteiger partial charge on any atom is 0.168 e. The molecule has 0 aliphatic carbocycles. The number of benzene rings is 1. The van der Waals surface area contributed by atoms with Gasteiger partial charge in [0, 0.05) is 22.7 Å². The van der Waals surface area contributed by atoms with E-state index in [9.17, 15) is 4.79 Å². The second-order valence-corrected chi connectivity index (χ2v) is 6.14. The van der Waals surface area contributed by atoms with Crippen LogP contribution in [0, 0.1) is 6.92 Å². The van der Waals surface area contributed by atoms with E-state index < -0.39 is 0 Å². The number of aryl methyl sites for hydroxylation is 1. The normalized spacial score (nSPS) is 11.2. The molecule has 1 aromatic carbocycles. The van der Waals surface area contributed by atoms with Gasteiger partial charge in [0.15, 0.2) is 5.82 Å². The summed E-state index contributed by atoms with van der Waals surface area (Å²) in [6.07, 6.45) is 4.15. The number of anilines is 2. The number of fused-ring (bicyclic) bond motifs is 2. The van der Waals surface area contributed by atoms with Crippen LogP contribution in [0.2, 0.25) is 0 Å². The molecule has 0 aliphatic rings. The van der Waals surface area contributed by atoms with Gasteiger partial charge in [0.25, 0.3) is 0 Å². The average molecular weight is 323 g/mol. The number of thiophene rings is 1. The van der Waals surface area contributed by atoms with E-state index in [0.29, 0.717) is 11.4 Å². The molecule has 3 heterocycles. The van der Waals surface area contributed by atoms with Crippen molar-refractivity contribution in [2.45, 2.75) is 6.92 Å². The zero-order chi connectivity index (χ0) is 16.0. The molecule has 0 bridgehead atoms. The minimum Gasteiger partial charge on any atom is -0.359 e. The zero-order valence-corrected chi connectivity index (χ0v) is 13.1. The number of aldehydes is 1. The first kappa shape index (κ1) is 13.9. The molecule has 3 aromatic heterocycles. The van der Waals surface area contributed by atoms with Crippen molar-refractivity contribution < 1.29 is 4.79 Å². The first-order valence-corrected chi connectivity index (χ1v) is 7.87. The number of carbonyl (C=O) groups is 1. The van der Waals surface area contributed by atoms with Crippen molar-refractivity contribution in [1.82, 2.24) is 15.0 Å². The summed E-state index contributed by atoms with van der Waals surface area (Å²) in [5, 5.41) is 4.45. The van der Waals surface area contributed by atoms with Crippen LogP contribution in [0.4, 0.5) is 11.5 Å². The van der Waals surface area contributed by atoms with Crippen molar-refractivity contribution in [1.29, 1.82) is 0 Å². The number of rotatable bonds is 3. The molecule has 0 aliphatic heterocycles. The van der Waals surface area contributed by atoms with Crippen molar-refractivity contribution >= 4 is 50.2 Å². The maximum absolute atomic E-state index is 11.0. The van der Waals surface area contributed by atoms with E-state index in [1.54, 1.807) is 17.4 Å². The van der Waals surface area contributed by atoms with Crippen LogP contribution in [0.1, 0.15) is 15.9 Å². The van der Waals surface area contributed by atoms with Gasteiger partial charge in [-0.2, -0.15) is 0 Å². The Morgan fingerprint density at radius 3 is 3.04 bits per heavy atom. The molecular formula is C16H13N5OS. The van der Waals surface area contributed by atoms with Crippen LogP contribution in [0.3, 0.4) is 0 Å². The Morgan fingerprint density at radius 2 is 2.22 bits per heavy atom. The van der Waals surface area contributed by atoms with Gasteiger partial charge in [-0.1, -0.05) is 0 Å². The molecule has 0 radical (unpaired) electrons. The summed E-state index contributed by atoms with van der Waals surface area (Å²) in [6.45, 7) is 2.01. The molecule has 0 saturated heterocycles. The van der Waals surface area contributed by atoms with E-state index in [1.807, 2.05) is 30.6 Å². The highest BCUT2D eigenvalue weighted by atomic mass is 32.1. The molecule has 0 unspecified atom stereocenters. The fourth-order valence-corrected chi connectivity index (χ4v) is 3.63.